The van der Waals surface area contributed by atoms with Crippen molar-refractivity contribution in [3.05, 3.63) is 12.2 Å². The molecule has 0 rings (SSSR count). The van der Waals surface area contributed by atoms with Gasteiger partial charge in [0.05, 0.1) is 7.11 Å². The third-order valence-corrected chi connectivity index (χ3v) is 1.21. The quantitative estimate of drug-likeness (QED) is 0.428. The molecule has 0 fully saturated rings. The highest BCUT2D eigenvalue weighted by molar-refractivity contribution is 5.62. The van der Waals surface area contributed by atoms with E-state index in [2.05, 4.69) is 14.2 Å². The highest BCUT2D eigenvalue weighted by atomic mass is 16.8. The Morgan fingerprint density at radius 2 is 1.93 bits per heavy atom. The normalized spacial score (nSPS) is 14.5. The van der Waals surface area contributed by atoms with Gasteiger partial charge in [0.2, 0.25) is 0 Å². The van der Waals surface area contributed by atoms with Crippen molar-refractivity contribution in [1.82, 2.24) is 0 Å². The number of methoxy groups -OCH3 is 1. The number of carbonyl (C=O) groups is 2. The van der Waals surface area contributed by atoms with Gasteiger partial charge in [-0.25, -0.2) is 9.59 Å². The molecular weight excluding hydrogens is 192 g/mol. The van der Waals surface area contributed by atoms with Gasteiger partial charge in [-0.2, -0.15) is 0 Å². The largest absolute Gasteiger partial charge is 0.511 e. The molecule has 0 heterocycles. The summed E-state index contributed by atoms with van der Waals surface area (Å²) in [6.07, 6.45) is 0.200. The predicted molar refractivity (Wildman–Crippen MR) is 45.8 cm³/mol. The van der Waals surface area contributed by atoms with Gasteiger partial charge in [-0.05, 0) is 13.0 Å². The molecule has 0 aliphatic rings. The van der Waals surface area contributed by atoms with Gasteiger partial charge in [0.25, 0.3) is 5.79 Å². The van der Waals surface area contributed by atoms with E-state index in [4.69, 9.17) is 5.11 Å². The third-order valence-electron chi connectivity index (χ3n) is 1.21. The minimum absolute atomic E-state index is 1.02. The van der Waals surface area contributed by atoms with E-state index in [-0.39, 0.29) is 0 Å². The molecule has 0 radical (unpaired) electrons. The molecule has 0 bridgehead atoms. The van der Waals surface area contributed by atoms with Gasteiger partial charge in [-0.1, -0.05) is 6.08 Å². The van der Waals surface area contributed by atoms with Crippen LogP contribution < -0.4 is 0 Å². The summed E-state index contributed by atoms with van der Waals surface area (Å²) in [5.41, 5.74) is 0. The van der Waals surface area contributed by atoms with Gasteiger partial charge in [0, 0.05) is 6.92 Å². The number of rotatable bonds is 3. The molecule has 1 atom stereocenters. The number of carbonyl (C=O) groups excluding carboxylic acids is 1. The summed E-state index contributed by atoms with van der Waals surface area (Å²) in [6.45, 7) is 2.90. The molecule has 0 amide bonds. The minimum atomic E-state index is -1.66. The van der Waals surface area contributed by atoms with E-state index >= 15 is 0 Å². The highest BCUT2D eigenvalue weighted by Crippen LogP contribution is 2.15. The Morgan fingerprint density at radius 1 is 1.36 bits per heavy atom. The molecular formula is C8H12O6. The van der Waals surface area contributed by atoms with Crippen LogP contribution in [0.1, 0.15) is 13.8 Å². The van der Waals surface area contributed by atoms with Gasteiger partial charge in [-0.3, -0.25) is 0 Å². The average molecular weight is 204 g/mol. The fourth-order valence-corrected chi connectivity index (χ4v) is 0.772. The van der Waals surface area contributed by atoms with Crippen molar-refractivity contribution in [3.8, 4) is 0 Å². The summed E-state index contributed by atoms with van der Waals surface area (Å²) < 4.78 is 13.2. The van der Waals surface area contributed by atoms with Crippen LogP contribution >= 0.6 is 0 Å². The topological polar surface area (TPSA) is 82.1 Å². The average Bonchev–Trinajstić information content (AvgIpc) is 2.02. The second kappa shape index (κ2) is 5.11. The molecule has 6 nitrogen and oxygen atoms in total. The van der Waals surface area contributed by atoms with Crippen molar-refractivity contribution in [2.24, 2.45) is 0 Å². The Balaban J connectivity index is 4.54. The fourth-order valence-electron chi connectivity index (χ4n) is 0.772. The van der Waals surface area contributed by atoms with Crippen LogP contribution in [0.3, 0.4) is 0 Å². The number of carboxylic acid groups (broad SMARTS) is 1. The van der Waals surface area contributed by atoms with E-state index in [9.17, 15) is 9.59 Å². The zero-order valence-electron chi connectivity index (χ0n) is 8.14. The standard InChI is InChI=1S/C8H12O6/c1-4-5-8(2,13-6(9)10)14-7(11)12-3/h4-5H,1-3H3,(H,9,10)/b5-4+. The smallest absolute Gasteiger partial charge is 0.450 e. The first-order valence-corrected chi connectivity index (χ1v) is 3.76. The summed E-state index contributed by atoms with van der Waals surface area (Å²) in [6, 6.07) is 0. The Hall–Kier alpha value is -1.72. The van der Waals surface area contributed by atoms with Crippen molar-refractivity contribution in [3.63, 3.8) is 0 Å². The lowest BCUT2D eigenvalue weighted by atomic mass is 10.3. The van der Waals surface area contributed by atoms with Crippen LogP contribution in [0.2, 0.25) is 0 Å². The second-order valence-electron chi connectivity index (χ2n) is 2.44. The number of hydrogen-bond donors (Lipinski definition) is 1. The molecule has 0 saturated heterocycles. The van der Waals surface area contributed by atoms with Gasteiger partial charge in [0.15, 0.2) is 0 Å². The van der Waals surface area contributed by atoms with Gasteiger partial charge >= 0.3 is 12.3 Å². The Morgan fingerprint density at radius 3 is 2.29 bits per heavy atom. The molecule has 0 aromatic heterocycles. The van der Waals surface area contributed by atoms with E-state index in [1.807, 2.05) is 0 Å². The summed E-state index contributed by atoms with van der Waals surface area (Å²) in [5, 5.41) is 8.37. The SMILES string of the molecule is C/C=C/C(C)(OC(=O)O)OC(=O)OC. The van der Waals surface area contributed by atoms with Crippen molar-refractivity contribution in [2.45, 2.75) is 19.6 Å². The summed E-state index contributed by atoms with van der Waals surface area (Å²) in [4.78, 5) is 21.0. The van der Waals surface area contributed by atoms with E-state index in [1.165, 1.54) is 19.1 Å². The van der Waals surface area contributed by atoms with Crippen molar-refractivity contribution < 1.29 is 28.9 Å². The van der Waals surface area contributed by atoms with Crippen LogP contribution in [0, 0.1) is 0 Å². The number of ether oxygens (including phenoxy) is 3. The maximum Gasteiger partial charge on any atom is 0.511 e. The summed E-state index contributed by atoms with van der Waals surface area (Å²) in [5.74, 6) is -1.66. The van der Waals surface area contributed by atoms with Gasteiger partial charge in [-0.15, -0.1) is 0 Å². The van der Waals surface area contributed by atoms with Crippen LogP contribution in [0.15, 0.2) is 12.2 Å². The highest BCUT2D eigenvalue weighted by Gasteiger charge is 2.30. The molecule has 80 valence electrons. The maximum absolute atomic E-state index is 10.7. The third kappa shape index (κ3) is 4.34. The lowest BCUT2D eigenvalue weighted by Crippen LogP contribution is -2.34. The second-order valence-corrected chi connectivity index (χ2v) is 2.44. The molecule has 6 heteroatoms. The molecule has 0 aromatic carbocycles. The number of allylic oxidation sites excluding steroid dienone is 1. The molecule has 0 aliphatic heterocycles. The first-order chi connectivity index (χ1) is 6.43. The molecule has 0 aliphatic carbocycles. The van der Waals surface area contributed by atoms with E-state index < -0.39 is 18.1 Å². The molecule has 0 aromatic rings. The summed E-state index contributed by atoms with van der Waals surface area (Å²) >= 11 is 0. The molecule has 1 unspecified atom stereocenters. The maximum atomic E-state index is 10.7. The van der Waals surface area contributed by atoms with Crippen molar-refractivity contribution >= 4 is 12.3 Å². The first-order valence-electron chi connectivity index (χ1n) is 3.76. The monoisotopic (exact) mass is 204 g/mol. The van der Waals surface area contributed by atoms with Crippen molar-refractivity contribution in [1.29, 1.82) is 0 Å². The first kappa shape index (κ1) is 12.3. The van der Waals surface area contributed by atoms with Crippen LogP contribution in [0.4, 0.5) is 9.59 Å². The van der Waals surface area contributed by atoms with Gasteiger partial charge in [0.1, 0.15) is 0 Å². The molecule has 1 N–H and O–H groups in total. The minimum Gasteiger partial charge on any atom is -0.450 e. The van der Waals surface area contributed by atoms with Crippen LogP contribution in [-0.2, 0) is 14.2 Å². The van der Waals surface area contributed by atoms with E-state index in [0.717, 1.165) is 7.11 Å². The molecule has 0 saturated carbocycles. The van der Waals surface area contributed by atoms with Crippen LogP contribution in [0.25, 0.3) is 0 Å². The van der Waals surface area contributed by atoms with E-state index in [1.54, 1.807) is 6.92 Å². The van der Waals surface area contributed by atoms with E-state index in [0.29, 0.717) is 0 Å². The molecule has 0 spiro atoms. The Kier molecular flexibility index (Phi) is 4.48. The van der Waals surface area contributed by atoms with Gasteiger partial charge < -0.3 is 19.3 Å². The lowest BCUT2D eigenvalue weighted by molar-refractivity contribution is -0.139. The molecule has 14 heavy (non-hydrogen) atoms. The van der Waals surface area contributed by atoms with Crippen LogP contribution in [0.5, 0.6) is 0 Å². The number of hydrogen-bond acceptors (Lipinski definition) is 5. The zero-order chi connectivity index (χ0) is 11.2. The fraction of sp³-hybridized carbons (Fsp3) is 0.500. The Labute approximate surface area is 81.1 Å². The van der Waals surface area contributed by atoms with Crippen LogP contribution in [-0.4, -0.2) is 30.3 Å². The lowest BCUT2D eigenvalue weighted by Gasteiger charge is -2.23. The predicted octanol–water partition coefficient (Wildman–Crippen LogP) is 1.76. The van der Waals surface area contributed by atoms with Crippen molar-refractivity contribution in [2.75, 3.05) is 7.11 Å². The zero-order valence-corrected chi connectivity index (χ0v) is 8.14. The summed E-state index contributed by atoms with van der Waals surface area (Å²) in [7, 11) is 1.11. The Bertz CT molecular complexity index is 246.